The van der Waals surface area contributed by atoms with Crippen LogP contribution < -0.4 is 0 Å². The summed E-state index contributed by atoms with van der Waals surface area (Å²) in [7, 11) is -14.8. The lowest BCUT2D eigenvalue weighted by atomic mass is 9.41. The van der Waals surface area contributed by atoms with E-state index in [1.54, 1.807) is 6.92 Å². The van der Waals surface area contributed by atoms with Crippen molar-refractivity contribution in [1.29, 1.82) is 0 Å². The number of methoxy groups -OCH3 is 1. The molecule has 5 aliphatic heterocycles. The molecule has 32 unspecified atom stereocenters. The molecule has 5 heterocycles. The third-order valence-corrected chi connectivity index (χ3v) is 23.9. The highest BCUT2D eigenvalue weighted by molar-refractivity contribution is 7.81. The maximum absolute atomic E-state index is 12.6. The number of hydrogen-bond donors (Lipinski definition) is 14. The molecule has 0 aromatic rings. The van der Waals surface area contributed by atoms with Gasteiger partial charge in [0.2, 0.25) is 0 Å². The number of rotatable bonds is 23. The molecule has 5 saturated heterocycles. The average Bonchev–Trinajstić information content (AvgIpc) is 1.39. The van der Waals surface area contributed by atoms with Crippen LogP contribution in [0.5, 0.6) is 0 Å². The Hall–Kier alpha value is -1.79. The fourth-order valence-electron chi connectivity index (χ4n) is 17.1. The van der Waals surface area contributed by atoms with Crippen molar-refractivity contribution in [3.05, 3.63) is 23.3 Å². The van der Waals surface area contributed by atoms with Gasteiger partial charge in [-0.2, -0.15) is 25.3 Å². The van der Waals surface area contributed by atoms with E-state index < -0.39 is 222 Å². The lowest BCUT2D eigenvalue weighted by molar-refractivity contribution is -0.403. The number of hydrogen-bond acceptors (Lipinski definition) is 31. The summed E-state index contributed by atoms with van der Waals surface area (Å²) in [5.41, 5.74) is -0.622. The first-order chi connectivity index (χ1) is 44.4. The first kappa shape index (κ1) is 78.3. The van der Waals surface area contributed by atoms with E-state index in [2.05, 4.69) is 49.1 Å². The molecule has 0 aromatic heterocycles. The predicted octanol–water partition coefficient (Wildman–Crippen LogP) is -2.02. The van der Waals surface area contributed by atoms with Gasteiger partial charge in [-0.3, -0.25) is 13.7 Å². The first-order valence-electron chi connectivity index (χ1n) is 32.1. The summed E-state index contributed by atoms with van der Waals surface area (Å²) in [6, 6.07) is 0. The standard InChI is InChI=1S/C59H98O34S3/c1-25(2)11-14-35(61)59(9,70)34-16-20-57(7)28-12-13-33-55(4,5)36(17-18-56(33,6)27(28)15-19-58(34,57)8)88-53-48(40(65)32(22-82-53)93-96(77,78)79)92-54-49(91-50-41(66)37(62)29(60)21-81-50)42(67)45(26(3)85-54)89-52-44(69)47(39(64)31(87-52)24-84-95(74,75)76)90-51-43(68)46(80-10)38(63)30(86-51)23-83-94(71,72)73/h11,15,26,28-54,60-70H,12-14,16-24H2,1-10H3,(H,71,72,73)(H,74,75,76)(H,77,78,79). The maximum Gasteiger partial charge on any atom is 0.397 e. The molecule has 0 amide bonds. The van der Waals surface area contributed by atoms with Crippen LogP contribution in [0.15, 0.2) is 23.3 Å². The molecule has 8 fully saturated rings. The molecule has 0 aromatic carbocycles. The van der Waals surface area contributed by atoms with Crippen molar-refractivity contribution < 1.29 is 160 Å². The van der Waals surface area contributed by atoms with Gasteiger partial charge in [0.1, 0.15) is 104 Å². The molecule has 34 nitrogen and oxygen atoms in total. The zero-order valence-electron chi connectivity index (χ0n) is 55.0. The Bertz CT molecular complexity index is 3080. The largest absolute Gasteiger partial charge is 0.397 e. The van der Waals surface area contributed by atoms with Crippen LogP contribution >= 0.6 is 0 Å². The van der Waals surface area contributed by atoms with Crippen LogP contribution in [0.25, 0.3) is 0 Å². The van der Waals surface area contributed by atoms with Crippen molar-refractivity contribution in [1.82, 2.24) is 0 Å². The Morgan fingerprint density at radius 1 is 0.615 bits per heavy atom. The minimum absolute atomic E-state index is 0.0309. The van der Waals surface area contributed by atoms with Gasteiger partial charge in [-0.15, -0.1) is 0 Å². The second-order valence-corrected chi connectivity index (χ2v) is 32.1. The fourth-order valence-corrected chi connectivity index (χ4v) is 18.2. The van der Waals surface area contributed by atoms with Crippen molar-refractivity contribution in [2.45, 2.75) is 273 Å². The topological polar surface area (TPSA) is 515 Å². The molecule has 9 rings (SSSR count). The monoisotopic (exact) mass is 1450 g/mol. The Labute approximate surface area is 557 Å². The predicted molar refractivity (Wildman–Crippen MR) is 321 cm³/mol. The highest BCUT2D eigenvalue weighted by Crippen LogP contribution is 2.74. The summed E-state index contributed by atoms with van der Waals surface area (Å²) < 4.78 is 179. The zero-order chi connectivity index (χ0) is 71.1. The van der Waals surface area contributed by atoms with Crippen LogP contribution in [0.4, 0.5) is 0 Å². The number of allylic oxidation sites excluding steroid dienone is 3. The molecule has 4 aliphatic carbocycles. The summed E-state index contributed by atoms with van der Waals surface area (Å²) in [4.78, 5) is 0. The lowest BCUT2D eigenvalue weighted by Crippen LogP contribution is -2.68. The summed E-state index contributed by atoms with van der Waals surface area (Å²) in [6.45, 7) is 14.1. The van der Waals surface area contributed by atoms with Crippen molar-refractivity contribution in [2.75, 3.05) is 33.5 Å². The SMILES string of the molecule is COC1C(O)C(COS(=O)(=O)O)OC(OC2C(O)C(COS(=O)(=O)O)OC(OC3C(C)OC(OC4C(OC5CCC6(C)C7=CCC8(C)C(C(C)(O)C(O)CC=C(C)C)CCC8(C)C7CCC6C5(C)C)OCC(OS(=O)(=O)O)C4O)C(OC4OCC(O)C(O)C4O)C3O)C2O)C1O. The van der Waals surface area contributed by atoms with Crippen molar-refractivity contribution in [2.24, 2.45) is 39.4 Å². The van der Waals surface area contributed by atoms with E-state index in [1.807, 2.05) is 19.9 Å². The van der Waals surface area contributed by atoms with Crippen LogP contribution in [0.2, 0.25) is 0 Å². The molecule has 32 atom stereocenters. The summed E-state index contributed by atoms with van der Waals surface area (Å²) in [5, 5.41) is 126. The highest BCUT2D eigenvalue weighted by Gasteiger charge is 2.68. The van der Waals surface area contributed by atoms with Crippen molar-refractivity contribution in [3.63, 3.8) is 0 Å². The quantitative estimate of drug-likeness (QED) is 0.0298. The Kier molecular flexibility index (Phi) is 24.0. The molecule has 3 saturated carbocycles. The van der Waals surface area contributed by atoms with Gasteiger partial charge in [0, 0.05) is 7.11 Å². The van der Waals surface area contributed by atoms with E-state index in [1.165, 1.54) is 12.5 Å². The molecule has 556 valence electrons. The van der Waals surface area contributed by atoms with Gasteiger partial charge >= 0.3 is 31.2 Å². The van der Waals surface area contributed by atoms with E-state index in [4.69, 9.17) is 56.3 Å². The fraction of sp³-hybridized carbons (Fsp3) is 0.932. The van der Waals surface area contributed by atoms with Gasteiger partial charge in [0.05, 0.1) is 50.3 Å². The number of aliphatic hydroxyl groups is 11. The molecule has 9 aliphatic rings. The van der Waals surface area contributed by atoms with E-state index >= 15 is 0 Å². The van der Waals surface area contributed by atoms with Gasteiger partial charge in [-0.25, -0.2) is 12.5 Å². The number of fused-ring (bicyclic) bond motifs is 5. The lowest BCUT2D eigenvalue weighted by Gasteiger charge is -2.65. The van der Waals surface area contributed by atoms with Gasteiger partial charge in [0.25, 0.3) is 0 Å². The minimum atomic E-state index is -5.32. The molecular formula is C59H98O34S3. The number of ether oxygens (including phenoxy) is 11. The summed E-state index contributed by atoms with van der Waals surface area (Å²) in [6.07, 6.45) is -37.7. The number of aliphatic hydroxyl groups excluding tert-OH is 10. The first-order valence-corrected chi connectivity index (χ1v) is 36.2. The molecule has 37 heteroatoms. The third kappa shape index (κ3) is 15.8. The van der Waals surface area contributed by atoms with Crippen molar-refractivity contribution >= 4 is 31.2 Å². The Morgan fingerprint density at radius 2 is 1.17 bits per heavy atom. The van der Waals surface area contributed by atoms with Crippen LogP contribution in [-0.4, -0.2) is 288 Å². The maximum atomic E-state index is 12.6. The second kappa shape index (κ2) is 29.4. The minimum Gasteiger partial charge on any atom is -0.390 e. The molecular weight excluding hydrogens is 1350 g/mol. The van der Waals surface area contributed by atoms with Gasteiger partial charge in [-0.1, -0.05) is 57.9 Å². The smallest absolute Gasteiger partial charge is 0.390 e. The van der Waals surface area contributed by atoms with Crippen LogP contribution in [0.1, 0.15) is 114 Å². The van der Waals surface area contributed by atoms with Crippen LogP contribution in [-0.2, 0) is 95.9 Å². The Balaban J connectivity index is 0.986. The van der Waals surface area contributed by atoms with E-state index in [9.17, 15) is 95.1 Å². The van der Waals surface area contributed by atoms with Gasteiger partial charge in [-0.05, 0) is 118 Å². The summed E-state index contributed by atoms with van der Waals surface area (Å²) in [5.74, 6) is -0.0702. The van der Waals surface area contributed by atoms with Gasteiger partial charge < -0.3 is 108 Å². The third-order valence-electron chi connectivity index (χ3n) is 22.5. The normalized spacial score (nSPS) is 47.1. The highest BCUT2D eigenvalue weighted by atomic mass is 32.3. The second-order valence-electron chi connectivity index (χ2n) is 28.9. The van der Waals surface area contributed by atoms with Crippen LogP contribution in [0.3, 0.4) is 0 Å². The summed E-state index contributed by atoms with van der Waals surface area (Å²) >= 11 is 0. The Morgan fingerprint density at radius 3 is 1.75 bits per heavy atom. The van der Waals surface area contributed by atoms with E-state index in [0.29, 0.717) is 25.7 Å². The molecule has 0 radical (unpaired) electrons. The van der Waals surface area contributed by atoms with Crippen LogP contribution in [0, 0.1) is 39.4 Å². The van der Waals surface area contributed by atoms with Gasteiger partial charge in [0.15, 0.2) is 31.5 Å². The van der Waals surface area contributed by atoms with Crippen molar-refractivity contribution in [3.8, 4) is 0 Å². The average molecular weight is 1450 g/mol. The molecule has 0 spiro atoms. The van der Waals surface area contributed by atoms with E-state index in [-0.39, 0.29) is 34.0 Å². The molecule has 96 heavy (non-hydrogen) atoms. The molecule has 14 N–H and O–H groups in total. The van der Waals surface area contributed by atoms with E-state index in [0.717, 1.165) is 38.4 Å². The molecule has 0 bridgehead atoms. The zero-order valence-corrected chi connectivity index (χ0v) is 57.4.